The van der Waals surface area contributed by atoms with Crippen LogP contribution in [-0.4, -0.2) is 40.8 Å². The van der Waals surface area contributed by atoms with Gasteiger partial charge in [-0.05, 0) is 43.2 Å². The smallest absolute Gasteiger partial charge is 0.245 e. The van der Waals surface area contributed by atoms with Crippen LogP contribution < -0.4 is 11.1 Å². The third-order valence-corrected chi connectivity index (χ3v) is 7.00. The number of hydrogen-bond donors (Lipinski definition) is 3. The highest BCUT2D eigenvalue weighted by Gasteiger charge is 2.39. The van der Waals surface area contributed by atoms with Crippen molar-refractivity contribution in [3.8, 4) is 0 Å². The number of fused-ring (bicyclic) bond motifs is 1. The second-order valence-corrected chi connectivity index (χ2v) is 9.00. The van der Waals surface area contributed by atoms with E-state index in [1.807, 2.05) is 30.2 Å². The van der Waals surface area contributed by atoms with Crippen molar-refractivity contribution in [3.05, 3.63) is 36.0 Å². The van der Waals surface area contributed by atoms with Crippen molar-refractivity contribution in [2.75, 3.05) is 13.1 Å². The van der Waals surface area contributed by atoms with Gasteiger partial charge in [-0.2, -0.15) is 0 Å². The molecule has 3 atom stereocenters. The number of rotatable bonds is 6. The van der Waals surface area contributed by atoms with E-state index in [4.69, 9.17) is 5.73 Å². The molecule has 2 amide bonds. The zero-order valence-electron chi connectivity index (χ0n) is 17.9. The maximum atomic E-state index is 13.8. The number of benzene rings is 1. The molecule has 0 radical (unpaired) electrons. The number of carbonyl (C=O) groups is 2. The second-order valence-electron chi connectivity index (χ2n) is 9.00. The molecular weight excluding hydrogens is 376 g/mol. The molecule has 2 aliphatic rings. The first-order valence-corrected chi connectivity index (χ1v) is 11.5. The summed E-state index contributed by atoms with van der Waals surface area (Å²) in [7, 11) is 0. The molecule has 2 heterocycles. The van der Waals surface area contributed by atoms with Crippen LogP contribution in [0.2, 0.25) is 0 Å². The number of aromatic nitrogens is 1. The maximum absolute atomic E-state index is 13.8. The zero-order valence-corrected chi connectivity index (χ0v) is 17.9. The van der Waals surface area contributed by atoms with E-state index < -0.39 is 6.04 Å². The van der Waals surface area contributed by atoms with E-state index >= 15 is 0 Å². The van der Waals surface area contributed by atoms with Crippen molar-refractivity contribution in [2.45, 2.75) is 64.0 Å². The molecule has 1 saturated carbocycles. The number of nitrogens with two attached hydrogens (primary N) is 1. The molecule has 1 aromatic carbocycles. The van der Waals surface area contributed by atoms with Crippen molar-refractivity contribution in [1.82, 2.24) is 15.2 Å². The van der Waals surface area contributed by atoms with Crippen molar-refractivity contribution < 1.29 is 9.59 Å². The van der Waals surface area contributed by atoms with Crippen LogP contribution in [0.3, 0.4) is 0 Å². The normalized spacial score (nSPS) is 22.2. The van der Waals surface area contributed by atoms with E-state index in [2.05, 4.69) is 22.4 Å². The van der Waals surface area contributed by atoms with Crippen LogP contribution in [0.5, 0.6) is 0 Å². The number of amides is 2. The quantitative estimate of drug-likeness (QED) is 0.681. The lowest BCUT2D eigenvalue weighted by Gasteiger charge is -2.35. The lowest BCUT2D eigenvalue weighted by atomic mass is 9.83. The molecule has 6 heteroatoms. The van der Waals surface area contributed by atoms with Gasteiger partial charge in [-0.1, -0.05) is 44.4 Å². The van der Waals surface area contributed by atoms with Gasteiger partial charge in [0.25, 0.3) is 0 Å². The number of nitrogens with one attached hydrogen (secondary N) is 2. The van der Waals surface area contributed by atoms with E-state index in [-0.39, 0.29) is 29.7 Å². The Labute approximate surface area is 178 Å². The molecule has 2 aromatic rings. The molecule has 30 heavy (non-hydrogen) atoms. The molecule has 4 rings (SSSR count). The predicted octanol–water partition coefficient (Wildman–Crippen LogP) is 3.49. The molecule has 6 nitrogen and oxygen atoms in total. The van der Waals surface area contributed by atoms with Gasteiger partial charge in [0.2, 0.25) is 11.8 Å². The highest BCUT2D eigenvalue weighted by molar-refractivity contribution is 5.90. The Bertz CT molecular complexity index is 886. The molecule has 3 unspecified atom stereocenters. The Hall–Kier alpha value is -2.34. The lowest BCUT2D eigenvalue weighted by Crippen LogP contribution is -2.54. The largest absolute Gasteiger partial charge is 0.361 e. The average Bonchev–Trinajstić information content (AvgIpc) is 3.43. The van der Waals surface area contributed by atoms with Crippen molar-refractivity contribution in [3.63, 3.8) is 0 Å². The molecule has 0 spiro atoms. The van der Waals surface area contributed by atoms with Crippen LogP contribution in [0.15, 0.2) is 30.5 Å². The Kier molecular flexibility index (Phi) is 6.42. The fourth-order valence-corrected chi connectivity index (χ4v) is 5.15. The highest BCUT2D eigenvalue weighted by atomic mass is 16.2. The molecule has 2 fully saturated rings. The summed E-state index contributed by atoms with van der Waals surface area (Å²) >= 11 is 0. The Morgan fingerprint density at radius 1 is 1.17 bits per heavy atom. The fraction of sp³-hybridized carbons (Fsp3) is 0.583. The van der Waals surface area contributed by atoms with Gasteiger partial charge < -0.3 is 20.9 Å². The number of hydrogen-bond acceptors (Lipinski definition) is 3. The first kappa shape index (κ1) is 20.9. The summed E-state index contributed by atoms with van der Waals surface area (Å²) in [5.74, 6) is -0.104. The van der Waals surface area contributed by atoms with Crippen LogP contribution in [0, 0.1) is 11.8 Å². The number of nitrogens with zero attached hydrogens (tertiary/aromatic N) is 1. The molecule has 4 N–H and O–H groups in total. The maximum Gasteiger partial charge on any atom is 0.245 e. The first-order chi connectivity index (χ1) is 14.6. The van der Waals surface area contributed by atoms with Gasteiger partial charge in [0.05, 0.1) is 6.04 Å². The lowest BCUT2D eigenvalue weighted by molar-refractivity contribution is -0.140. The molecule has 162 valence electrons. The summed E-state index contributed by atoms with van der Waals surface area (Å²) in [5.41, 5.74) is 7.98. The summed E-state index contributed by atoms with van der Waals surface area (Å²) in [6.45, 7) is 2.86. The highest BCUT2D eigenvalue weighted by Crippen LogP contribution is 2.37. The summed E-state index contributed by atoms with van der Waals surface area (Å²) in [4.78, 5) is 31.8. The SMILES string of the molecule is CC(CN)C(=O)NC(C(=O)N1CCCC1c1c[nH]c2ccccc12)C1CCCCC1. The minimum atomic E-state index is -0.447. The van der Waals surface area contributed by atoms with Gasteiger partial charge >= 0.3 is 0 Å². The average molecular weight is 411 g/mol. The standard InChI is InChI=1S/C24H34N4O2/c1-16(14-25)23(29)27-22(17-8-3-2-4-9-17)24(30)28-13-7-12-21(28)19-15-26-20-11-6-5-10-18(19)20/h5-6,10-11,15-17,21-22,26H,2-4,7-9,12-14,25H2,1H3,(H,27,29). The van der Waals surface area contributed by atoms with E-state index in [9.17, 15) is 9.59 Å². The number of para-hydroxylation sites is 1. The van der Waals surface area contributed by atoms with Crippen LogP contribution >= 0.6 is 0 Å². The Balaban J connectivity index is 1.59. The third kappa shape index (κ3) is 4.10. The Morgan fingerprint density at radius 3 is 2.70 bits per heavy atom. The van der Waals surface area contributed by atoms with E-state index in [1.165, 1.54) is 17.4 Å². The van der Waals surface area contributed by atoms with Crippen molar-refractivity contribution >= 4 is 22.7 Å². The topological polar surface area (TPSA) is 91.2 Å². The van der Waals surface area contributed by atoms with E-state index in [0.29, 0.717) is 6.54 Å². The monoisotopic (exact) mass is 410 g/mol. The summed E-state index contributed by atoms with van der Waals surface area (Å²) in [6.07, 6.45) is 9.46. The summed E-state index contributed by atoms with van der Waals surface area (Å²) in [5, 5.41) is 4.28. The number of aromatic amines is 1. The number of carbonyl (C=O) groups excluding carboxylic acids is 2. The fourth-order valence-electron chi connectivity index (χ4n) is 5.15. The number of H-pyrrole nitrogens is 1. The minimum Gasteiger partial charge on any atom is -0.361 e. The molecule has 1 saturated heterocycles. The molecular formula is C24H34N4O2. The summed E-state index contributed by atoms with van der Waals surface area (Å²) in [6, 6.07) is 7.86. The summed E-state index contributed by atoms with van der Waals surface area (Å²) < 4.78 is 0. The number of likely N-dealkylation sites (tertiary alicyclic amines) is 1. The molecule has 0 bridgehead atoms. The van der Waals surface area contributed by atoms with Crippen LogP contribution in [0.1, 0.15) is 63.5 Å². The van der Waals surface area contributed by atoms with Gasteiger partial charge in [-0.3, -0.25) is 9.59 Å². The predicted molar refractivity (Wildman–Crippen MR) is 119 cm³/mol. The third-order valence-electron chi connectivity index (χ3n) is 7.00. The van der Waals surface area contributed by atoms with Crippen LogP contribution in [-0.2, 0) is 9.59 Å². The van der Waals surface area contributed by atoms with E-state index in [0.717, 1.165) is 50.6 Å². The van der Waals surface area contributed by atoms with Crippen LogP contribution in [0.4, 0.5) is 0 Å². The van der Waals surface area contributed by atoms with Gasteiger partial charge in [-0.15, -0.1) is 0 Å². The second kappa shape index (κ2) is 9.21. The zero-order chi connectivity index (χ0) is 21.1. The van der Waals surface area contributed by atoms with E-state index in [1.54, 1.807) is 0 Å². The first-order valence-electron chi connectivity index (χ1n) is 11.5. The minimum absolute atomic E-state index is 0.0589. The van der Waals surface area contributed by atoms with Gasteiger partial charge in [0.15, 0.2) is 0 Å². The van der Waals surface area contributed by atoms with Crippen LogP contribution in [0.25, 0.3) is 10.9 Å². The van der Waals surface area contributed by atoms with Crippen molar-refractivity contribution in [1.29, 1.82) is 0 Å². The molecule has 1 aromatic heterocycles. The van der Waals surface area contributed by atoms with Gasteiger partial charge in [0, 0.05) is 36.1 Å². The molecule has 1 aliphatic heterocycles. The molecule has 1 aliphatic carbocycles. The van der Waals surface area contributed by atoms with Gasteiger partial charge in [-0.25, -0.2) is 0 Å². The van der Waals surface area contributed by atoms with Crippen molar-refractivity contribution in [2.24, 2.45) is 17.6 Å². The Morgan fingerprint density at radius 2 is 1.93 bits per heavy atom. The van der Waals surface area contributed by atoms with Gasteiger partial charge in [0.1, 0.15) is 6.04 Å².